The number of nitrogens with one attached hydrogen (secondary N) is 1. The molecule has 10 nitrogen and oxygen atoms in total. The standard InChI is InChI=1S/C37H55N5O5/c1-27(2)13-10-16-30(5)19-11-17-28(3)14-8-9-15-29(4)18-12-20-31(6)21-22-34(43)46-26-37(40-41-38)23-33(25-47-37)42-24-32(7)35(44)39-36(42)45/h13-15,19-20,24,33H,8-12,16-18,21-23,25-26H2,1-7H3,(H,39,44,45)/b28-14+,29-15+,30-19+,31-20+. The van der Waals surface area contributed by atoms with Crippen molar-refractivity contribution in [1.29, 1.82) is 0 Å². The fraction of sp³-hybridized carbons (Fsp3) is 0.595. The Balaban J connectivity index is 1.70. The predicted molar refractivity (Wildman–Crippen MR) is 189 cm³/mol. The molecule has 10 heteroatoms. The molecule has 0 amide bonds. The second-order valence-electron chi connectivity index (χ2n) is 13.1. The first kappa shape index (κ1) is 39.3. The summed E-state index contributed by atoms with van der Waals surface area (Å²) in [7, 11) is 0. The maximum absolute atomic E-state index is 12.5. The van der Waals surface area contributed by atoms with E-state index in [0.29, 0.717) is 12.0 Å². The highest BCUT2D eigenvalue weighted by atomic mass is 16.6. The van der Waals surface area contributed by atoms with Crippen molar-refractivity contribution in [2.24, 2.45) is 5.11 Å². The quantitative estimate of drug-likeness (QED) is 0.0398. The first-order chi connectivity index (χ1) is 22.3. The Morgan fingerprint density at radius 2 is 1.45 bits per heavy atom. The van der Waals surface area contributed by atoms with Crippen LogP contribution in [-0.2, 0) is 14.3 Å². The summed E-state index contributed by atoms with van der Waals surface area (Å²) in [6.45, 7) is 14.4. The molecule has 1 fully saturated rings. The van der Waals surface area contributed by atoms with Crippen LogP contribution in [0, 0.1) is 6.92 Å². The van der Waals surface area contributed by atoms with Gasteiger partial charge in [0.2, 0.25) is 0 Å². The molecular weight excluding hydrogens is 594 g/mol. The lowest BCUT2D eigenvalue weighted by atomic mass is 10.0. The molecule has 1 N–H and O–H groups in total. The van der Waals surface area contributed by atoms with Gasteiger partial charge in [-0.2, -0.15) is 0 Å². The van der Waals surface area contributed by atoms with Crippen molar-refractivity contribution in [2.75, 3.05) is 13.2 Å². The number of aryl methyl sites for hydroxylation is 1. The largest absolute Gasteiger partial charge is 0.462 e. The van der Waals surface area contributed by atoms with Crippen molar-refractivity contribution in [3.05, 3.63) is 101 Å². The first-order valence-electron chi connectivity index (χ1n) is 16.8. The van der Waals surface area contributed by atoms with Crippen LogP contribution in [0.2, 0.25) is 0 Å². The Kier molecular flexibility index (Phi) is 17.0. The molecule has 1 aliphatic rings. The number of unbranched alkanes of at least 4 members (excludes halogenated alkanes) is 1. The van der Waals surface area contributed by atoms with Gasteiger partial charge in [-0.25, -0.2) is 4.79 Å². The molecule has 258 valence electrons. The van der Waals surface area contributed by atoms with Crippen molar-refractivity contribution < 1.29 is 14.3 Å². The molecule has 47 heavy (non-hydrogen) atoms. The Hall–Kier alpha value is -3.88. The number of carbonyl (C=O) groups is 1. The molecule has 1 saturated heterocycles. The summed E-state index contributed by atoms with van der Waals surface area (Å²) in [6.07, 6.45) is 22.4. The third-order valence-electron chi connectivity index (χ3n) is 8.35. The highest BCUT2D eigenvalue weighted by Gasteiger charge is 2.42. The molecule has 0 spiro atoms. The second kappa shape index (κ2) is 20.4. The van der Waals surface area contributed by atoms with Crippen molar-refractivity contribution in [3.63, 3.8) is 0 Å². The highest BCUT2D eigenvalue weighted by molar-refractivity contribution is 5.69. The number of azide groups is 1. The van der Waals surface area contributed by atoms with Crippen molar-refractivity contribution in [2.45, 2.75) is 131 Å². The first-order valence-corrected chi connectivity index (χ1v) is 16.8. The van der Waals surface area contributed by atoms with E-state index in [9.17, 15) is 14.4 Å². The molecule has 0 saturated carbocycles. The van der Waals surface area contributed by atoms with Crippen LogP contribution in [0.1, 0.15) is 124 Å². The highest BCUT2D eigenvalue weighted by Crippen LogP contribution is 2.34. The number of hydrogen-bond acceptors (Lipinski definition) is 6. The number of nitrogens with zero attached hydrogens (tertiary/aromatic N) is 4. The fourth-order valence-corrected chi connectivity index (χ4v) is 5.37. The van der Waals surface area contributed by atoms with Gasteiger partial charge < -0.3 is 9.47 Å². The smallest absolute Gasteiger partial charge is 0.328 e. The van der Waals surface area contributed by atoms with Crippen molar-refractivity contribution >= 4 is 5.97 Å². The van der Waals surface area contributed by atoms with Crippen LogP contribution < -0.4 is 11.2 Å². The van der Waals surface area contributed by atoms with Gasteiger partial charge >= 0.3 is 11.7 Å². The molecule has 2 rings (SSSR count). The Bertz CT molecular complexity index is 1520. The second-order valence-corrected chi connectivity index (χ2v) is 13.1. The molecule has 1 aliphatic heterocycles. The number of aromatic nitrogens is 2. The Morgan fingerprint density at radius 3 is 2.00 bits per heavy atom. The van der Waals surface area contributed by atoms with Gasteiger partial charge in [0.1, 0.15) is 6.61 Å². The summed E-state index contributed by atoms with van der Waals surface area (Å²) >= 11 is 0. The summed E-state index contributed by atoms with van der Waals surface area (Å²) in [6, 6.07) is -0.477. The summed E-state index contributed by atoms with van der Waals surface area (Å²) in [5.41, 5.74) is 13.8. The van der Waals surface area contributed by atoms with E-state index in [-0.39, 0.29) is 26.1 Å². The number of aromatic amines is 1. The average molecular weight is 650 g/mol. The molecular formula is C37H55N5O5. The number of rotatable bonds is 19. The van der Waals surface area contributed by atoms with E-state index in [1.165, 1.54) is 33.1 Å². The van der Waals surface area contributed by atoms with Gasteiger partial charge in [0.25, 0.3) is 5.56 Å². The van der Waals surface area contributed by atoms with Crippen LogP contribution in [0.15, 0.2) is 79.1 Å². The van der Waals surface area contributed by atoms with Crippen molar-refractivity contribution in [1.82, 2.24) is 9.55 Å². The molecule has 0 aliphatic carbocycles. The van der Waals surface area contributed by atoms with Crippen LogP contribution >= 0.6 is 0 Å². The lowest BCUT2D eigenvalue weighted by molar-refractivity contribution is -0.152. The number of hydrogen-bond donors (Lipinski definition) is 1. The minimum absolute atomic E-state index is 0.0726. The molecule has 0 aromatic carbocycles. The molecule has 2 atom stereocenters. The van der Waals surface area contributed by atoms with Gasteiger partial charge in [-0.15, -0.1) is 0 Å². The summed E-state index contributed by atoms with van der Waals surface area (Å²) < 4.78 is 12.5. The summed E-state index contributed by atoms with van der Waals surface area (Å²) in [5, 5.41) is 3.76. The van der Waals surface area contributed by atoms with Crippen LogP contribution in [0.3, 0.4) is 0 Å². The SMILES string of the molecule is CC(C)=CCC/C(C)=C/CC/C(C)=C/CC/C=C(\C)CC/C=C(\C)CCC(=O)OCC1(N=[N+]=[N-])CC(n2cc(C)c(=O)[nH]c2=O)CO1. The fourth-order valence-electron chi connectivity index (χ4n) is 5.37. The predicted octanol–water partition coefficient (Wildman–Crippen LogP) is 9.01. The van der Waals surface area contributed by atoms with Gasteiger partial charge in [0, 0.05) is 29.5 Å². The lowest BCUT2D eigenvalue weighted by Crippen LogP contribution is -2.35. The van der Waals surface area contributed by atoms with Gasteiger partial charge in [-0.3, -0.25) is 19.1 Å². The summed E-state index contributed by atoms with van der Waals surface area (Å²) in [4.78, 5) is 41.6. The topological polar surface area (TPSA) is 139 Å². The minimum Gasteiger partial charge on any atom is -0.462 e. The van der Waals surface area contributed by atoms with Crippen LogP contribution in [0.4, 0.5) is 0 Å². The molecule has 2 unspecified atom stereocenters. The normalized spacial score (nSPS) is 19.0. The van der Waals surface area contributed by atoms with E-state index in [1.54, 1.807) is 6.92 Å². The maximum Gasteiger partial charge on any atom is 0.328 e. The number of H-pyrrole nitrogens is 1. The average Bonchev–Trinajstić information content (AvgIpc) is 3.43. The van der Waals surface area contributed by atoms with E-state index in [2.05, 4.69) is 80.0 Å². The zero-order valence-corrected chi connectivity index (χ0v) is 29.6. The number of ether oxygens (including phenoxy) is 2. The molecule has 0 radical (unpaired) electrons. The Morgan fingerprint density at radius 1 is 0.915 bits per heavy atom. The monoisotopic (exact) mass is 649 g/mol. The van der Waals surface area contributed by atoms with Gasteiger partial charge in [0.15, 0.2) is 5.72 Å². The zero-order chi connectivity index (χ0) is 34.8. The van der Waals surface area contributed by atoms with Gasteiger partial charge in [-0.05, 0) is 112 Å². The van der Waals surface area contributed by atoms with Crippen LogP contribution in [-0.4, -0.2) is 34.5 Å². The van der Waals surface area contributed by atoms with E-state index in [4.69, 9.17) is 15.0 Å². The maximum atomic E-state index is 12.5. The van der Waals surface area contributed by atoms with Gasteiger partial charge in [-0.1, -0.05) is 63.4 Å². The van der Waals surface area contributed by atoms with Crippen molar-refractivity contribution in [3.8, 4) is 0 Å². The summed E-state index contributed by atoms with van der Waals surface area (Å²) in [5.74, 6) is -0.417. The van der Waals surface area contributed by atoms with Crippen LogP contribution in [0.25, 0.3) is 10.4 Å². The zero-order valence-electron chi connectivity index (χ0n) is 29.6. The molecule has 1 aromatic heterocycles. The van der Waals surface area contributed by atoms with E-state index in [0.717, 1.165) is 56.9 Å². The van der Waals surface area contributed by atoms with E-state index in [1.807, 2.05) is 6.92 Å². The molecule has 1 aromatic rings. The lowest BCUT2D eigenvalue weighted by Gasteiger charge is -2.22. The van der Waals surface area contributed by atoms with E-state index < -0.39 is 29.0 Å². The van der Waals surface area contributed by atoms with E-state index >= 15 is 0 Å². The van der Waals surface area contributed by atoms with Gasteiger partial charge in [0.05, 0.1) is 12.6 Å². The molecule has 2 heterocycles. The third-order valence-corrected chi connectivity index (χ3v) is 8.35. The number of carbonyl (C=O) groups excluding carboxylic acids is 1. The minimum atomic E-state index is -1.41. The third kappa shape index (κ3) is 15.0. The molecule has 0 bridgehead atoms. The number of esters is 1. The number of allylic oxidation sites excluding steroid dienone is 10. The Labute approximate surface area is 280 Å². The van der Waals surface area contributed by atoms with Crippen LogP contribution in [0.5, 0.6) is 0 Å².